The lowest BCUT2D eigenvalue weighted by Gasteiger charge is -2.26. The van der Waals surface area contributed by atoms with Gasteiger partial charge in [0.1, 0.15) is 0 Å². The monoisotopic (exact) mass is 377 g/mol. The highest BCUT2D eigenvalue weighted by Crippen LogP contribution is 2.36. The Morgan fingerprint density at radius 1 is 1.04 bits per heavy atom. The van der Waals surface area contributed by atoms with Crippen LogP contribution in [0.4, 0.5) is 11.4 Å². The topological polar surface area (TPSA) is 56.7 Å². The summed E-state index contributed by atoms with van der Waals surface area (Å²) in [5, 5.41) is 0. The van der Waals surface area contributed by atoms with E-state index in [1.54, 1.807) is 19.5 Å². The molecule has 1 saturated heterocycles. The summed E-state index contributed by atoms with van der Waals surface area (Å²) in [5.74, 6) is 1.36. The summed E-state index contributed by atoms with van der Waals surface area (Å²) in [4.78, 5) is 10.7. The zero-order chi connectivity index (χ0) is 19.2. The normalized spacial score (nSPS) is 16.0. The molecule has 0 bridgehead atoms. The highest BCUT2D eigenvalue weighted by Gasteiger charge is 2.20. The summed E-state index contributed by atoms with van der Waals surface area (Å²) in [6.45, 7) is 1.39. The average Bonchev–Trinajstić information content (AvgIpc) is 3.26. The Morgan fingerprint density at radius 2 is 1.89 bits per heavy atom. The average molecular weight is 377 g/mol. The molecule has 0 amide bonds. The van der Waals surface area contributed by atoms with Crippen molar-refractivity contribution in [3.05, 3.63) is 72.8 Å². The van der Waals surface area contributed by atoms with E-state index in [-0.39, 0.29) is 6.29 Å². The minimum Gasteiger partial charge on any atom is -0.493 e. The molecule has 0 aliphatic carbocycles. The van der Waals surface area contributed by atoms with E-state index in [1.807, 2.05) is 48.8 Å². The van der Waals surface area contributed by atoms with E-state index >= 15 is 0 Å². The maximum atomic E-state index is 6.07. The van der Waals surface area contributed by atoms with Gasteiger partial charge in [0.05, 0.1) is 25.6 Å². The molecule has 6 heteroatoms. The van der Waals surface area contributed by atoms with Crippen LogP contribution in [-0.2, 0) is 11.3 Å². The van der Waals surface area contributed by atoms with E-state index in [1.165, 1.54) is 0 Å². The molecule has 1 atom stereocenters. The number of ether oxygens (including phenoxy) is 3. The first-order valence-electron chi connectivity index (χ1n) is 9.36. The Kier molecular flexibility index (Phi) is 5.68. The van der Waals surface area contributed by atoms with Gasteiger partial charge in [-0.3, -0.25) is 9.97 Å². The molecular formula is C22H23N3O3. The van der Waals surface area contributed by atoms with Gasteiger partial charge < -0.3 is 19.1 Å². The molecule has 0 spiro atoms. The minimum atomic E-state index is -0.227. The fourth-order valence-corrected chi connectivity index (χ4v) is 3.23. The van der Waals surface area contributed by atoms with E-state index in [4.69, 9.17) is 14.2 Å². The number of benzene rings is 1. The molecule has 4 rings (SSSR count). The Hall–Kier alpha value is -3.12. The summed E-state index contributed by atoms with van der Waals surface area (Å²) >= 11 is 0. The molecule has 2 aromatic heterocycles. The van der Waals surface area contributed by atoms with Crippen molar-refractivity contribution in [1.82, 2.24) is 9.97 Å². The van der Waals surface area contributed by atoms with Crippen molar-refractivity contribution >= 4 is 11.4 Å². The van der Waals surface area contributed by atoms with Crippen LogP contribution in [0.25, 0.3) is 0 Å². The predicted molar refractivity (Wildman–Crippen MR) is 107 cm³/mol. The first-order valence-corrected chi connectivity index (χ1v) is 9.36. The van der Waals surface area contributed by atoms with Gasteiger partial charge in [-0.05, 0) is 42.3 Å². The zero-order valence-corrected chi connectivity index (χ0v) is 15.8. The molecule has 3 aromatic rings. The molecule has 1 aliphatic rings. The maximum Gasteiger partial charge on any atom is 0.200 e. The van der Waals surface area contributed by atoms with E-state index in [0.717, 1.165) is 36.4 Å². The third kappa shape index (κ3) is 4.23. The van der Waals surface area contributed by atoms with Crippen LogP contribution in [-0.4, -0.2) is 30.0 Å². The molecule has 1 aliphatic heterocycles. The van der Waals surface area contributed by atoms with E-state index in [0.29, 0.717) is 18.0 Å². The number of hydrogen-bond donors (Lipinski definition) is 0. The van der Waals surface area contributed by atoms with Crippen molar-refractivity contribution in [2.45, 2.75) is 25.7 Å². The van der Waals surface area contributed by atoms with Gasteiger partial charge in [0.15, 0.2) is 17.8 Å². The molecule has 6 nitrogen and oxygen atoms in total. The fraction of sp³-hybridized carbons (Fsp3) is 0.273. The van der Waals surface area contributed by atoms with Crippen LogP contribution in [0.15, 0.2) is 67.3 Å². The van der Waals surface area contributed by atoms with Crippen molar-refractivity contribution in [2.75, 3.05) is 18.6 Å². The summed E-state index contributed by atoms with van der Waals surface area (Å²) in [5.41, 5.74) is 3.06. The fourth-order valence-electron chi connectivity index (χ4n) is 3.23. The SMILES string of the molecule is COc1ccc(N(Cc2cccnc2)c2cccnc2)cc1OC1CCCO1. The lowest BCUT2D eigenvalue weighted by atomic mass is 10.2. The van der Waals surface area contributed by atoms with Gasteiger partial charge in [-0.1, -0.05) is 6.07 Å². The van der Waals surface area contributed by atoms with E-state index in [9.17, 15) is 0 Å². The predicted octanol–water partition coefficient (Wildman–Crippen LogP) is 4.34. The number of pyridine rings is 2. The largest absolute Gasteiger partial charge is 0.493 e. The van der Waals surface area contributed by atoms with Crippen molar-refractivity contribution in [3.8, 4) is 11.5 Å². The highest BCUT2D eigenvalue weighted by atomic mass is 16.7. The lowest BCUT2D eigenvalue weighted by Crippen LogP contribution is -2.18. The van der Waals surface area contributed by atoms with Crippen LogP contribution >= 0.6 is 0 Å². The number of methoxy groups -OCH3 is 1. The Bertz CT molecular complexity index is 884. The summed E-state index contributed by atoms with van der Waals surface area (Å²) in [7, 11) is 1.64. The van der Waals surface area contributed by atoms with Crippen LogP contribution in [0.3, 0.4) is 0 Å². The highest BCUT2D eigenvalue weighted by molar-refractivity contribution is 5.66. The minimum absolute atomic E-state index is 0.227. The number of anilines is 2. The second-order valence-corrected chi connectivity index (χ2v) is 6.55. The first kappa shape index (κ1) is 18.3. The van der Waals surface area contributed by atoms with Crippen LogP contribution < -0.4 is 14.4 Å². The first-order chi connectivity index (χ1) is 13.8. The zero-order valence-electron chi connectivity index (χ0n) is 15.8. The number of nitrogens with zero attached hydrogens (tertiary/aromatic N) is 3. The van der Waals surface area contributed by atoms with Gasteiger partial charge in [-0.15, -0.1) is 0 Å². The second-order valence-electron chi connectivity index (χ2n) is 6.55. The molecular weight excluding hydrogens is 354 g/mol. The summed E-state index contributed by atoms with van der Waals surface area (Å²) in [6, 6.07) is 13.9. The van der Waals surface area contributed by atoms with Crippen LogP contribution in [0.5, 0.6) is 11.5 Å². The smallest absolute Gasteiger partial charge is 0.200 e. The van der Waals surface area contributed by atoms with Crippen LogP contribution in [0.2, 0.25) is 0 Å². The molecule has 3 heterocycles. The second kappa shape index (κ2) is 8.71. The standard InChI is InChI=1S/C22H23N3O3/c1-26-20-9-8-18(13-21(20)28-22-7-4-12-27-22)25(19-6-3-11-24-15-19)16-17-5-2-10-23-14-17/h2-3,5-6,8-11,13-15,22H,4,7,12,16H2,1H3. The van der Waals surface area contributed by atoms with Gasteiger partial charge in [-0.25, -0.2) is 0 Å². The molecule has 1 aromatic carbocycles. The van der Waals surface area contributed by atoms with E-state index < -0.39 is 0 Å². The lowest BCUT2D eigenvalue weighted by molar-refractivity contribution is -0.0402. The van der Waals surface area contributed by atoms with Crippen molar-refractivity contribution in [1.29, 1.82) is 0 Å². The van der Waals surface area contributed by atoms with Crippen LogP contribution in [0, 0.1) is 0 Å². The molecule has 1 unspecified atom stereocenters. The Labute approximate surface area is 164 Å². The molecule has 0 N–H and O–H groups in total. The van der Waals surface area contributed by atoms with Crippen molar-refractivity contribution in [3.63, 3.8) is 0 Å². The molecule has 0 saturated carbocycles. The number of aromatic nitrogens is 2. The van der Waals surface area contributed by atoms with Crippen molar-refractivity contribution < 1.29 is 14.2 Å². The van der Waals surface area contributed by atoms with Gasteiger partial charge in [0, 0.05) is 43.3 Å². The third-order valence-electron chi connectivity index (χ3n) is 4.63. The van der Waals surface area contributed by atoms with Gasteiger partial charge >= 0.3 is 0 Å². The van der Waals surface area contributed by atoms with Gasteiger partial charge in [0.25, 0.3) is 0 Å². The Morgan fingerprint density at radius 3 is 2.57 bits per heavy atom. The molecule has 0 radical (unpaired) electrons. The summed E-state index contributed by atoms with van der Waals surface area (Å²) in [6.07, 6.45) is 8.93. The van der Waals surface area contributed by atoms with Gasteiger partial charge in [0.2, 0.25) is 0 Å². The van der Waals surface area contributed by atoms with E-state index in [2.05, 4.69) is 20.9 Å². The maximum absolute atomic E-state index is 6.07. The molecule has 1 fully saturated rings. The quantitative estimate of drug-likeness (QED) is 0.611. The van der Waals surface area contributed by atoms with Crippen molar-refractivity contribution in [2.24, 2.45) is 0 Å². The third-order valence-corrected chi connectivity index (χ3v) is 4.63. The van der Waals surface area contributed by atoms with Crippen LogP contribution in [0.1, 0.15) is 18.4 Å². The van der Waals surface area contributed by atoms with Gasteiger partial charge in [-0.2, -0.15) is 0 Å². The number of hydrogen-bond acceptors (Lipinski definition) is 6. The molecule has 28 heavy (non-hydrogen) atoms. The Balaban J connectivity index is 1.68. The molecule has 144 valence electrons. The summed E-state index contributed by atoms with van der Waals surface area (Å²) < 4.78 is 17.2. The number of rotatable bonds is 7.